The standard InChI is InChI=1S/C17H19NO2/c1-20-14-9-10-15(16(19)11-14)17(18-13-7-8-13)12-5-3-2-4-6-12/h2-6,9-11,13,17-19H,7-8H2,1H3. The summed E-state index contributed by atoms with van der Waals surface area (Å²) in [7, 11) is 1.60. The summed E-state index contributed by atoms with van der Waals surface area (Å²) in [5.41, 5.74) is 2.06. The molecule has 20 heavy (non-hydrogen) atoms. The van der Waals surface area contributed by atoms with Gasteiger partial charge in [-0.05, 0) is 30.5 Å². The fraction of sp³-hybridized carbons (Fsp3) is 0.294. The van der Waals surface area contributed by atoms with Crippen LogP contribution < -0.4 is 10.1 Å². The number of hydrogen-bond donors (Lipinski definition) is 2. The van der Waals surface area contributed by atoms with Crippen LogP contribution in [0.2, 0.25) is 0 Å². The van der Waals surface area contributed by atoms with E-state index in [9.17, 15) is 5.11 Å². The molecule has 1 fully saturated rings. The zero-order valence-electron chi connectivity index (χ0n) is 11.5. The third-order valence-corrected chi connectivity index (χ3v) is 3.66. The van der Waals surface area contributed by atoms with Crippen LogP contribution in [0.1, 0.15) is 30.0 Å². The molecule has 0 saturated heterocycles. The summed E-state index contributed by atoms with van der Waals surface area (Å²) < 4.78 is 5.15. The first-order chi connectivity index (χ1) is 9.78. The van der Waals surface area contributed by atoms with Gasteiger partial charge in [-0.3, -0.25) is 0 Å². The number of aromatic hydroxyl groups is 1. The molecule has 0 aliphatic heterocycles. The van der Waals surface area contributed by atoms with Gasteiger partial charge in [0.2, 0.25) is 0 Å². The number of rotatable bonds is 5. The van der Waals surface area contributed by atoms with Gasteiger partial charge in [0, 0.05) is 17.7 Å². The van der Waals surface area contributed by atoms with Crippen molar-refractivity contribution in [2.75, 3.05) is 7.11 Å². The molecule has 2 aromatic rings. The highest BCUT2D eigenvalue weighted by Gasteiger charge is 2.27. The maximum atomic E-state index is 10.3. The molecule has 3 rings (SSSR count). The van der Waals surface area contributed by atoms with Crippen molar-refractivity contribution in [2.45, 2.75) is 24.9 Å². The molecule has 104 valence electrons. The van der Waals surface area contributed by atoms with E-state index in [-0.39, 0.29) is 11.8 Å². The summed E-state index contributed by atoms with van der Waals surface area (Å²) >= 11 is 0. The predicted octanol–water partition coefficient (Wildman–Crippen LogP) is 3.24. The van der Waals surface area contributed by atoms with Crippen LogP contribution in [0.4, 0.5) is 0 Å². The Balaban J connectivity index is 1.96. The van der Waals surface area contributed by atoms with E-state index in [0.717, 1.165) is 5.56 Å². The Hall–Kier alpha value is -2.00. The fourth-order valence-corrected chi connectivity index (χ4v) is 2.39. The average molecular weight is 269 g/mol. The topological polar surface area (TPSA) is 41.5 Å². The molecule has 1 atom stereocenters. The van der Waals surface area contributed by atoms with Gasteiger partial charge in [-0.15, -0.1) is 0 Å². The van der Waals surface area contributed by atoms with Gasteiger partial charge in [-0.25, -0.2) is 0 Å². The lowest BCUT2D eigenvalue weighted by Gasteiger charge is -2.21. The first-order valence-corrected chi connectivity index (χ1v) is 6.96. The highest BCUT2D eigenvalue weighted by Crippen LogP contribution is 2.34. The van der Waals surface area contributed by atoms with E-state index < -0.39 is 0 Å². The number of hydrogen-bond acceptors (Lipinski definition) is 3. The molecule has 0 radical (unpaired) electrons. The van der Waals surface area contributed by atoms with Crippen LogP contribution in [0.3, 0.4) is 0 Å². The van der Waals surface area contributed by atoms with Crippen LogP contribution in [0.15, 0.2) is 48.5 Å². The fourth-order valence-electron chi connectivity index (χ4n) is 2.39. The van der Waals surface area contributed by atoms with Gasteiger partial charge in [0.05, 0.1) is 13.2 Å². The normalized spacial score (nSPS) is 15.8. The number of nitrogens with one attached hydrogen (secondary N) is 1. The molecular weight excluding hydrogens is 250 g/mol. The van der Waals surface area contributed by atoms with E-state index in [1.807, 2.05) is 30.3 Å². The predicted molar refractivity (Wildman–Crippen MR) is 79.1 cm³/mol. The summed E-state index contributed by atoms with van der Waals surface area (Å²) in [6.07, 6.45) is 2.42. The van der Waals surface area contributed by atoms with Gasteiger partial charge in [0.15, 0.2) is 0 Å². The molecule has 1 aliphatic carbocycles. The van der Waals surface area contributed by atoms with Crippen molar-refractivity contribution in [1.82, 2.24) is 5.32 Å². The Labute approximate surface area is 119 Å². The van der Waals surface area contributed by atoms with Gasteiger partial charge >= 0.3 is 0 Å². The van der Waals surface area contributed by atoms with Crippen molar-refractivity contribution >= 4 is 0 Å². The minimum Gasteiger partial charge on any atom is -0.507 e. The van der Waals surface area contributed by atoms with Crippen LogP contribution in [-0.4, -0.2) is 18.3 Å². The van der Waals surface area contributed by atoms with Gasteiger partial charge in [0.1, 0.15) is 11.5 Å². The Morgan fingerprint density at radius 1 is 1.15 bits per heavy atom. The number of phenols is 1. The molecule has 0 bridgehead atoms. The molecule has 3 heteroatoms. The second-order valence-corrected chi connectivity index (χ2v) is 5.21. The second kappa shape index (κ2) is 5.55. The Morgan fingerprint density at radius 2 is 1.90 bits per heavy atom. The van der Waals surface area contributed by atoms with Crippen LogP contribution in [0.25, 0.3) is 0 Å². The Bertz CT molecular complexity index is 579. The quantitative estimate of drug-likeness (QED) is 0.875. The van der Waals surface area contributed by atoms with Crippen LogP contribution >= 0.6 is 0 Å². The molecule has 2 aromatic carbocycles. The molecule has 0 aromatic heterocycles. The van der Waals surface area contributed by atoms with Crippen molar-refractivity contribution < 1.29 is 9.84 Å². The molecule has 0 heterocycles. The first kappa shape index (κ1) is 13.0. The van der Waals surface area contributed by atoms with E-state index in [0.29, 0.717) is 11.8 Å². The van der Waals surface area contributed by atoms with E-state index >= 15 is 0 Å². The third-order valence-electron chi connectivity index (χ3n) is 3.66. The highest BCUT2D eigenvalue weighted by atomic mass is 16.5. The summed E-state index contributed by atoms with van der Waals surface area (Å²) in [5.74, 6) is 0.941. The van der Waals surface area contributed by atoms with Crippen LogP contribution in [-0.2, 0) is 0 Å². The summed E-state index contributed by atoms with van der Waals surface area (Å²) in [6.45, 7) is 0. The Kier molecular flexibility index (Phi) is 3.61. The van der Waals surface area contributed by atoms with Crippen molar-refractivity contribution in [3.8, 4) is 11.5 Å². The SMILES string of the molecule is COc1ccc(C(NC2CC2)c2ccccc2)c(O)c1. The smallest absolute Gasteiger partial charge is 0.124 e. The Morgan fingerprint density at radius 3 is 2.50 bits per heavy atom. The molecule has 1 saturated carbocycles. The number of phenolic OH excluding ortho intramolecular Hbond substituents is 1. The first-order valence-electron chi connectivity index (χ1n) is 6.96. The average Bonchev–Trinajstić information content (AvgIpc) is 3.30. The van der Waals surface area contributed by atoms with E-state index in [2.05, 4.69) is 17.4 Å². The number of methoxy groups -OCH3 is 1. The molecule has 0 amide bonds. The van der Waals surface area contributed by atoms with Crippen molar-refractivity contribution in [3.63, 3.8) is 0 Å². The molecule has 3 nitrogen and oxygen atoms in total. The lowest BCUT2D eigenvalue weighted by Crippen LogP contribution is -2.24. The van der Waals surface area contributed by atoms with Crippen molar-refractivity contribution in [3.05, 3.63) is 59.7 Å². The third kappa shape index (κ3) is 2.78. The van der Waals surface area contributed by atoms with Gasteiger partial charge in [0.25, 0.3) is 0 Å². The van der Waals surface area contributed by atoms with E-state index in [4.69, 9.17) is 4.74 Å². The minimum atomic E-state index is 0.0228. The molecule has 0 spiro atoms. The monoisotopic (exact) mass is 269 g/mol. The minimum absolute atomic E-state index is 0.0228. The maximum absolute atomic E-state index is 10.3. The highest BCUT2D eigenvalue weighted by molar-refractivity contribution is 5.45. The van der Waals surface area contributed by atoms with Crippen LogP contribution in [0, 0.1) is 0 Å². The zero-order valence-corrected chi connectivity index (χ0v) is 11.5. The van der Waals surface area contributed by atoms with E-state index in [1.54, 1.807) is 13.2 Å². The van der Waals surface area contributed by atoms with E-state index in [1.165, 1.54) is 18.4 Å². The van der Waals surface area contributed by atoms with Gasteiger partial charge in [-0.2, -0.15) is 0 Å². The molecule has 1 unspecified atom stereocenters. The van der Waals surface area contributed by atoms with Gasteiger partial charge < -0.3 is 15.2 Å². The lowest BCUT2D eigenvalue weighted by atomic mass is 9.97. The second-order valence-electron chi connectivity index (χ2n) is 5.21. The van der Waals surface area contributed by atoms with Gasteiger partial charge in [-0.1, -0.05) is 30.3 Å². The molecular formula is C17H19NO2. The van der Waals surface area contributed by atoms with Crippen molar-refractivity contribution in [2.24, 2.45) is 0 Å². The number of ether oxygens (including phenoxy) is 1. The number of benzene rings is 2. The summed E-state index contributed by atoms with van der Waals surface area (Å²) in [6, 6.07) is 16.3. The van der Waals surface area contributed by atoms with Crippen LogP contribution in [0.5, 0.6) is 11.5 Å². The van der Waals surface area contributed by atoms with Crippen molar-refractivity contribution in [1.29, 1.82) is 0 Å². The molecule has 1 aliphatic rings. The zero-order chi connectivity index (χ0) is 13.9. The summed E-state index contributed by atoms with van der Waals surface area (Å²) in [4.78, 5) is 0. The summed E-state index contributed by atoms with van der Waals surface area (Å²) in [5, 5.41) is 13.9. The lowest BCUT2D eigenvalue weighted by molar-refractivity contribution is 0.404. The maximum Gasteiger partial charge on any atom is 0.124 e. The molecule has 2 N–H and O–H groups in total. The largest absolute Gasteiger partial charge is 0.507 e.